The number of aromatic nitrogens is 6. The maximum atomic E-state index is 11.3. The largest absolute Gasteiger partial charge is 0.480 e. The van der Waals surface area contributed by atoms with Crippen LogP contribution >= 0.6 is 59.0 Å². The zero-order valence-electron chi connectivity index (χ0n) is 24.8. The van der Waals surface area contributed by atoms with Crippen molar-refractivity contribution in [3.05, 3.63) is 36.1 Å². The van der Waals surface area contributed by atoms with Crippen LogP contribution in [0.4, 0.5) is 0 Å². The summed E-state index contributed by atoms with van der Waals surface area (Å²) >= 11 is 4.03. The lowest BCUT2D eigenvalue weighted by molar-refractivity contribution is -0.141. The third kappa shape index (κ3) is 15.0. The molecule has 9 N–H and O–H groups in total. The van der Waals surface area contributed by atoms with Crippen molar-refractivity contribution >= 4 is 94.7 Å². The van der Waals surface area contributed by atoms with E-state index in [-0.39, 0.29) is 50.0 Å². The van der Waals surface area contributed by atoms with E-state index in [1.54, 1.807) is 0 Å². The quantitative estimate of drug-likeness (QED) is 0.0761. The van der Waals surface area contributed by atoms with Gasteiger partial charge < -0.3 is 46.2 Å². The molecule has 3 heterocycles. The molecular formula is C24H33Cl2N9O9S3. The average Bonchev–Trinajstić information content (AvgIpc) is 3.67. The molecule has 3 rings (SSSR count). The molecule has 0 spiro atoms. The summed E-state index contributed by atoms with van der Waals surface area (Å²) in [6, 6.07) is -3.18. The SMILES string of the molecule is CC(=O)N[C@@H](Cc1[nH]cnc1S)C(=O)O.CC(=O)N[C@@H](Cc1[nH]cnc1SSc1nc[nH]c1C[C@H](NC(C)=O)C(=O)O)C(=O)O.Cl.Cl. The van der Waals surface area contributed by atoms with Gasteiger partial charge in [-0.3, -0.25) is 14.4 Å². The minimum absolute atomic E-state index is 0. The monoisotopic (exact) mass is 757 g/mol. The van der Waals surface area contributed by atoms with Gasteiger partial charge >= 0.3 is 17.9 Å². The number of thiol groups is 1. The maximum Gasteiger partial charge on any atom is 0.326 e. The molecule has 0 aliphatic carbocycles. The fourth-order valence-corrected chi connectivity index (χ4v) is 5.93. The zero-order valence-corrected chi connectivity index (χ0v) is 29.0. The highest BCUT2D eigenvalue weighted by Gasteiger charge is 2.24. The van der Waals surface area contributed by atoms with Gasteiger partial charge in [0.15, 0.2) is 0 Å². The van der Waals surface area contributed by atoms with E-state index in [0.29, 0.717) is 32.2 Å². The third-order valence-corrected chi connectivity index (χ3v) is 8.19. The molecule has 3 aromatic heterocycles. The van der Waals surface area contributed by atoms with E-state index >= 15 is 0 Å². The summed E-state index contributed by atoms with van der Waals surface area (Å²) in [4.78, 5) is 87.3. The van der Waals surface area contributed by atoms with Crippen LogP contribution in [0.15, 0.2) is 34.1 Å². The lowest BCUT2D eigenvalue weighted by atomic mass is 10.1. The molecule has 0 unspecified atom stereocenters. The highest BCUT2D eigenvalue weighted by Crippen LogP contribution is 2.38. The highest BCUT2D eigenvalue weighted by atomic mass is 35.5. The van der Waals surface area contributed by atoms with Gasteiger partial charge in [-0.05, 0) is 21.6 Å². The van der Waals surface area contributed by atoms with Crippen LogP contribution in [0, 0.1) is 0 Å². The van der Waals surface area contributed by atoms with Crippen molar-refractivity contribution in [2.45, 2.75) is 73.2 Å². The van der Waals surface area contributed by atoms with Gasteiger partial charge in [-0.2, -0.15) is 0 Å². The van der Waals surface area contributed by atoms with Gasteiger partial charge in [-0.15, -0.1) is 37.4 Å². The number of nitrogens with one attached hydrogen (secondary N) is 6. The maximum absolute atomic E-state index is 11.3. The van der Waals surface area contributed by atoms with Crippen LogP contribution < -0.4 is 16.0 Å². The van der Waals surface area contributed by atoms with E-state index < -0.39 is 47.8 Å². The molecule has 0 bridgehead atoms. The van der Waals surface area contributed by atoms with Crippen molar-refractivity contribution in [1.29, 1.82) is 0 Å². The number of H-pyrrole nitrogens is 3. The number of nitrogens with zero attached hydrogens (tertiary/aromatic N) is 3. The molecule has 0 aliphatic rings. The molecule has 18 nitrogen and oxygen atoms in total. The molecular weight excluding hydrogens is 725 g/mol. The van der Waals surface area contributed by atoms with Crippen molar-refractivity contribution < 1.29 is 44.1 Å². The molecule has 260 valence electrons. The van der Waals surface area contributed by atoms with Gasteiger partial charge in [0, 0.05) is 40.0 Å². The second-order valence-corrected chi connectivity index (χ2v) is 11.7. The number of imidazole rings is 3. The van der Waals surface area contributed by atoms with E-state index in [2.05, 4.69) is 58.5 Å². The molecule has 0 aliphatic heterocycles. The summed E-state index contributed by atoms with van der Waals surface area (Å²) in [5, 5.41) is 35.9. The second-order valence-electron chi connectivity index (χ2n) is 9.13. The van der Waals surface area contributed by atoms with Gasteiger partial charge in [0.2, 0.25) is 17.7 Å². The van der Waals surface area contributed by atoms with E-state index in [0.717, 1.165) is 0 Å². The molecule has 47 heavy (non-hydrogen) atoms. The Morgan fingerprint density at radius 1 is 0.638 bits per heavy atom. The Morgan fingerprint density at radius 3 is 1.21 bits per heavy atom. The standard InChI is InChI=1S/C16H20N6O6S2.C8H11N3O3S.2ClH/c1-7(23)21-11(15(25)26)3-9-13(19-5-17-9)29-30-14-10(18-6-20-14)4-12(16(27)28)22-8(2)24;1-4(12)11-6(8(13)14)2-5-7(15)10-3-9-5;;/h5-6,11-12H,3-4H2,1-2H3,(H,17,19)(H,18,20)(H,21,23)(H,22,24)(H,25,26)(H,27,28);3,6,15H,2H2,1H3,(H,9,10)(H,11,12)(H,13,14);2*1H/t11-,12-;6-;;/m00../s1. The van der Waals surface area contributed by atoms with Crippen molar-refractivity contribution in [1.82, 2.24) is 45.9 Å². The van der Waals surface area contributed by atoms with Crippen LogP contribution in [-0.4, -0.2) is 99.0 Å². The second kappa shape index (κ2) is 21.1. The number of carboxylic acids is 3. The predicted molar refractivity (Wildman–Crippen MR) is 176 cm³/mol. The first-order chi connectivity index (χ1) is 21.2. The van der Waals surface area contributed by atoms with Crippen LogP contribution in [0.25, 0.3) is 0 Å². The Kier molecular flexibility index (Phi) is 19.3. The van der Waals surface area contributed by atoms with E-state index in [1.807, 2.05) is 0 Å². The molecule has 23 heteroatoms. The van der Waals surface area contributed by atoms with E-state index in [9.17, 15) is 39.0 Å². The number of aromatic amines is 3. The molecule has 3 amide bonds. The first-order valence-electron chi connectivity index (χ1n) is 12.8. The molecule has 0 aromatic carbocycles. The van der Waals surface area contributed by atoms with Crippen LogP contribution in [0.2, 0.25) is 0 Å². The topological polar surface area (TPSA) is 285 Å². The third-order valence-electron chi connectivity index (χ3n) is 5.50. The van der Waals surface area contributed by atoms with Crippen molar-refractivity contribution in [2.75, 3.05) is 0 Å². The van der Waals surface area contributed by atoms with Gasteiger partial charge in [-0.1, -0.05) is 0 Å². The fraction of sp³-hybridized carbons (Fsp3) is 0.375. The Hall–Kier alpha value is -3.92. The number of aliphatic carboxylic acids is 3. The van der Waals surface area contributed by atoms with E-state index in [4.69, 9.17) is 5.11 Å². The number of amides is 3. The predicted octanol–water partition coefficient (Wildman–Crippen LogP) is 0.870. The Balaban J connectivity index is 0.00000105. The molecule has 3 atom stereocenters. The van der Waals surface area contributed by atoms with Crippen molar-refractivity contribution in [3.63, 3.8) is 0 Å². The van der Waals surface area contributed by atoms with Crippen LogP contribution in [0.5, 0.6) is 0 Å². The lowest BCUT2D eigenvalue weighted by Crippen LogP contribution is -2.41. The molecule has 0 fully saturated rings. The zero-order chi connectivity index (χ0) is 33.7. The number of carboxylic acid groups (broad SMARTS) is 3. The van der Waals surface area contributed by atoms with Gasteiger partial charge in [-0.25, -0.2) is 29.3 Å². The van der Waals surface area contributed by atoms with Crippen molar-refractivity contribution in [2.24, 2.45) is 0 Å². The minimum Gasteiger partial charge on any atom is -0.480 e. The minimum atomic E-state index is -1.17. The normalized spacial score (nSPS) is 12.0. The molecule has 3 aromatic rings. The summed E-state index contributed by atoms with van der Waals surface area (Å²) in [5.41, 5.74) is 1.62. The van der Waals surface area contributed by atoms with E-state index in [1.165, 1.54) is 61.3 Å². The fourth-order valence-electron chi connectivity index (χ4n) is 3.54. The molecule has 0 radical (unpaired) electrons. The summed E-state index contributed by atoms with van der Waals surface area (Å²) in [6.07, 6.45) is 4.39. The molecule has 0 saturated heterocycles. The number of hydrogen-bond donors (Lipinski definition) is 10. The smallest absolute Gasteiger partial charge is 0.326 e. The first kappa shape index (κ1) is 43.1. The van der Waals surface area contributed by atoms with Crippen LogP contribution in [0.1, 0.15) is 37.9 Å². The Bertz CT molecular complexity index is 1440. The average molecular weight is 759 g/mol. The van der Waals surface area contributed by atoms with Gasteiger partial charge in [0.25, 0.3) is 0 Å². The highest BCUT2D eigenvalue weighted by molar-refractivity contribution is 8.76. The number of hydrogen-bond acceptors (Lipinski definition) is 12. The summed E-state index contributed by atoms with van der Waals surface area (Å²) in [5.74, 6) is -4.74. The Labute approximate surface area is 292 Å². The summed E-state index contributed by atoms with van der Waals surface area (Å²) in [7, 11) is 2.40. The molecule has 0 saturated carbocycles. The Morgan fingerprint density at radius 2 is 0.936 bits per heavy atom. The van der Waals surface area contributed by atoms with Crippen LogP contribution in [0.3, 0.4) is 0 Å². The first-order valence-corrected chi connectivity index (χ1v) is 15.4. The van der Waals surface area contributed by atoms with Crippen LogP contribution in [-0.2, 0) is 48.0 Å². The van der Waals surface area contributed by atoms with Gasteiger partial charge in [0.05, 0.1) is 36.1 Å². The summed E-state index contributed by atoms with van der Waals surface area (Å²) in [6.45, 7) is 3.74. The number of rotatable bonds is 15. The van der Waals surface area contributed by atoms with Gasteiger partial charge in [0.1, 0.15) is 33.2 Å². The van der Waals surface area contributed by atoms with Crippen molar-refractivity contribution in [3.8, 4) is 0 Å². The lowest BCUT2D eigenvalue weighted by Gasteiger charge is -2.13. The number of carbonyl (C=O) groups excluding carboxylic acids is 3. The number of carbonyl (C=O) groups is 6. The summed E-state index contributed by atoms with van der Waals surface area (Å²) < 4.78 is 0. The number of halogens is 2.